The molecule has 1 saturated carbocycles. The molecule has 1 atom stereocenters. The van der Waals surface area contributed by atoms with Crippen molar-refractivity contribution in [3.63, 3.8) is 0 Å². The maximum absolute atomic E-state index is 13.4. The summed E-state index contributed by atoms with van der Waals surface area (Å²) < 4.78 is 5.55. The molecule has 3 heterocycles. The number of nitrogens with zero attached hydrogens (tertiary/aromatic N) is 3. The first-order valence-corrected chi connectivity index (χ1v) is 10.0. The van der Waals surface area contributed by atoms with E-state index in [2.05, 4.69) is 26.2 Å². The molecule has 1 amide bonds. The van der Waals surface area contributed by atoms with Gasteiger partial charge in [-0.3, -0.25) is 14.7 Å². The lowest BCUT2D eigenvalue weighted by atomic mass is 9.89. The Hall–Kier alpha value is -1.50. The molecule has 3 aliphatic rings. The average molecular weight is 358 g/mol. The smallest absolute Gasteiger partial charge is 0.225 e. The van der Waals surface area contributed by atoms with Crippen molar-refractivity contribution in [2.75, 3.05) is 45.9 Å². The van der Waals surface area contributed by atoms with Crippen LogP contribution >= 0.6 is 0 Å². The van der Waals surface area contributed by atoms with Gasteiger partial charge in [-0.15, -0.1) is 0 Å². The number of nitrogens with one attached hydrogen (secondary N) is 1. The van der Waals surface area contributed by atoms with Crippen molar-refractivity contribution in [1.29, 1.82) is 0 Å². The van der Waals surface area contributed by atoms with E-state index in [1.807, 2.05) is 12.3 Å². The summed E-state index contributed by atoms with van der Waals surface area (Å²) in [6, 6.07) is 4.13. The molecule has 2 saturated heterocycles. The fraction of sp³-hybridized carbons (Fsp3) is 0.700. The summed E-state index contributed by atoms with van der Waals surface area (Å²) in [6.45, 7) is 5.96. The van der Waals surface area contributed by atoms with Gasteiger partial charge in [0.1, 0.15) is 0 Å². The fourth-order valence-electron chi connectivity index (χ4n) is 4.93. The van der Waals surface area contributed by atoms with E-state index < -0.39 is 0 Å². The molecule has 1 aromatic heterocycles. The Morgan fingerprint density at radius 3 is 2.81 bits per heavy atom. The number of ether oxygens (including phenoxy) is 1. The summed E-state index contributed by atoms with van der Waals surface area (Å²) in [5.74, 6) is 0.300. The van der Waals surface area contributed by atoms with Gasteiger partial charge in [0.25, 0.3) is 0 Å². The number of hydrogen-bond donors (Lipinski definition) is 1. The highest BCUT2D eigenvalue weighted by atomic mass is 16.5. The zero-order valence-electron chi connectivity index (χ0n) is 15.5. The topological polar surface area (TPSA) is 57.7 Å². The first-order chi connectivity index (χ1) is 12.8. The first kappa shape index (κ1) is 17.9. The van der Waals surface area contributed by atoms with Crippen LogP contribution in [-0.4, -0.2) is 72.2 Å². The van der Waals surface area contributed by atoms with Crippen LogP contribution in [0.15, 0.2) is 24.5 Å². The monoisotopic (exact) mass is 358 g/mol. The highest BCUT2D eigenvalue weighted by molar-refractivity contribution is 5.78. The van der Waals surface area contributed by atoms with Crippen molar-refractivity contribution < 1.29 is 9.53 Å². The zero-order chi connectivity index (χ0) is 17.8. The van der Waals surface area contributed by atoms with Crippen molar-refractivity contribution in [1.82, 2.24) is 20.1 Å². The Kier molecular flexibility index (Phi) is 5.52. The number of carbonyl (C=O) groups is 1. The second kappa shape index (κ2) is 8.03. The minimum Gasteiger partial charge on any atom is -0.379 e. The van der Waals surface area contributed by atoms with Crippen LogP contribution in [0.3, 0.4) is 0 Å². The fourth-order valence-corrected chi connectivity index (χ4v) is 4.93. The normalized spacial score (nSPS) is 26.8. The van der Waals surface area contributed by atoms with Gasteiger partial charge in [0.05, 0.1) is 19.3 Å². The van der Waals surface area contributed by atoms with E-state index in [-0.39, 0.29) is 11.6 Å². The van der Waals surface area contributed by atoms with Crippen molar-refractivity contribution >= 4 is 5.91 Å². The maximum atomic E-state index is 13.4. The van der Waals surface area contributed by atoms with E-state index in [1.54, 1.807) is 6.20 Å². The predicted molar refractivity (Wildman–Crippen MR) is 99.8 cm³/mol. The van der Waals surface area contributed by atoms with E-state index in [0.29, 0.717) is 12.3 Å². The number of aromatic nitrogens is 1. The van der Waals surface area contributed by atoms with Crippen LogP contribution < -0.4 is 5.32 Å². The Labute approximate surface area is 155 Å². The third-order valence-corrected chi connectivity index (χ3v) is 6.33. The number of piperazine rings is 1. The van der Waals surface area contributed by atoms with Gasteiger partial charge in [-0.25, -0.2) is 0 Å². The molecule has 142 valence electrons. The lowest BCUT2D eigenvalue weighted by Crippen LogP contribution is -2.56. The Bertz CT molecular complexity index is 597. The maximum Gasteiger partial charge on any atom is 0.225 e. The molecule has 0 aromatic carbocycles. The third kappa shape index (κ3) is 3.63. The third-order valence-electron chi connectivity index (χ3n) is 6.33. The molecule has 3 fully saturated rings. The van der Waals surface area contributed by atoms with Gasteiger partial charge in [0.15, 0.2) is 0 Å². The van der Waals surface area contributed by atoms with E-state index in [9.17, 15) is 4.79 Å². The summed E-state index contributed by atoms with van der Waals surface area (Å²) in [5, 5.41) is 3.44. The van der Waals surface area contributed by atoms with Gasteiger partial charge in [0, 0.05) is 57.1 Å². The minimum atomic E-state index is 0.0469. The predicted octanol–water partition coefficient (Wildman–Crippen LogP) is 1.59. The summed E-state index contributed by atoms with van der Waals surface area (Å²) in [7, 11) is 0. The zero-order valence-corrected chi connectivity index (χ0v) is 15.5. The van der Waals surface area contributed by atoms with Gasteiger partial charge in [-0.05, 0) is 24.5 Å². The van der Waals surface area contributed by atoms with Gasteiger partial charge >= 0.3 is 0 Å². The quantitative estimate of drug-likeness (QED) is 0.886. The molecule has 0 radical (unpaired) electrons. The first-order valence-electron chi connectivity index (χ1n) is 10.0. The molecule has 6 nitrogen and oxygen atoms in total. The Morgan fingerprint density at radius 2 is 2.08 bits per heavy atom. The summed E-state index contributed by atoms with van der Waals surface area (Å²) >= 11 is 0. The Balaban J connectivity index is 1.51. The molecular weight excluding hydrogens is 328 g/mol. The molecule has 6 heteroatoms. The van der Waals surface area contributed by atoms with Crippen molar-refractivity contribution in [2.45, 2.75) is 43.7 Å². The minimum absolute atomic E-state index is 0.0469. The molecule has 2 aliphatic heterocycles. The number of amides is 1. The average Bonchev–Trinajstić information content (AvgIpc) is 3.19. The van der Waals surface area contributed by atoms with Crippen LogP contribution in [0.2, 0.25) is 0 Å². The highest BCUT2D eigenvalue weighted by Gasteiger charge is 2.43. The molecule has 26 heavy (non-hydrogen) atoms. The highest BCUT2D eigenvalue weighted by Crippen LogP contribution is 2.39. The number of morpholine rings is 1. The van der Waals surface area contributed by atoms with E-state index in [1.165, 1.54) is 12.8 Å². The second-order valence-electron chi connectivity index (χ2n) is 7.80. The summed E-state index contributed by atoms with van der Waals surface area (Å²) in [5.41, 5.74) is 1.17. The van der Waals surface area contributed by atoms with Crippen LogP contribution in [0.5, 0.6) is 0 Å². The molecule has 1 unspecified atom stereocenters. The second-order valence-corrected chi connectivity index (χ2v) is 7.80. The standard InChI is InChI=1S/C20H30N4O2/c25-19(14-20(5-1-2-6-20)23-10-12-26-13-11-23)24-9-8-22-16-18(24)17-4-3-7-21-15-17/h3-4,7,15,18,22H,1-2,5-6,8-14,16H2. The van der Waals surface area contributed by atoms with Gasteiger partial charge in [0.2, 0.25) is 5.91 Å². The largest absolute Gasteiger partial charge is 0.379 e. The lowest BCUT2D eigenvalue weighted by Gasteiger charge is -2.45. The van der Waals surface area contributed by atoms with Crippen molar-refractivity contribution in [3.8, 4) is 0 Å². The lowest BCUT2D eigenvalue weighted by molar-refractivity contribution is -0.139. The van der Waals surface area contributed by atoms with Crippen LogP contribution in [-0.2, 0) is 9.53 Å². The van der Waals surface area contributed by atoms with Gasteiger partial charge in [-0.2, -0.15) is 0 Å². The van der Waals surface area contributed by atoms with Gasteiger partial charge in [-0.1, -0.05) is 18.9 Å². The summed E-state index contributed by atoms with van der Waals surface area (Å²) in [6.07, 6.45) is 9.08. The van der Waals surface area contributed by atoms with Crippen LogP contribution in [0.1, 0.15) is 43.7 Å². The van der Waals surface area contributed by atoms with Crippen molar-refractivity contribution in [2.24, 2.45) is 0 Å². The number of pyridine rings is 1. The molecule has 1 aromatic rings. The molecule has 0 bridgehead atoms. The van der Waals surface area contributed by atoms with Gasteiger partial charge < -0.3 is 15.0 Å². The molecular formula is C20H30N4O2. The molecule has 1 aliphatic carbocycles. The SMILES string of the molecule is O=C(CC1(N2CCOCC2)CCCC1)N1CCNCC1c1cccnc1. The Morgan fingerprint density at radius 1 is 1.27 bits per heavy atom. The summed E-state index contributed by atoms with van der Waals surface area (Å²) in [4.78, 5) is 22.3. The van der Waals surface area contributed by atoms with E-state index >= 15 is 0 Å². The van der Waals surface area contributed by atoms with Crippen molar-refractivity contribution in [3.05, 3.63) is 30.1 Å². The molecule has 1 N–H and O–H groups in total. The van der Waals surface area contributed by atoms with Crippen LogP contribution in [0.4, 0.5) is 0 Å². The van der Waals surface area contributed by atoms with Crippen LogP contribution in [0, 0.1) is 0 Å². The van der Waals surface area contributed by atoms with E-state index in [4.69, 9.17) is 4.74 Å². The number of carbonyl (C=O) groups excluding carboxylic acids is 1. The number of rotatable bonds is 4. The molecule has 4 rings (SSSR count). The van der Waals surface area contributed by atoms with E-state index in [0.717, 1.165) is 64.3 Å². The molecule has 0 spiro atoms. The van der Waals surface area contributed by atoms with Crippen LogP contribution in [0.25, 0.3) is 0 Å². The number of hydrogen-bond acceptors (Lipinski definition) is 5.